The molecule has 0 spiro atoms. The van der Waals surface area contributed by atoms with E-state index in [0.29, 0.717) is 6.04 Å². The van der Waals surface area contributed by atoms with Gasteiger partial charge in [-0.3, -0.25) is 0 Å². The van der Waals surface area contributed by atoms with Gasteiger partial charge in [0.05, 0.1) is 0 Å². The molecule has 2 atom stereocenters. The third-order valence-corrected chi connectivity index (χ3v) is 5.64. The Kier molecular flexibility index (Phi) is 5.10. The maximum atomic E-state index is 3.75. The lowest BCUT2D eigenvalue weighted by atomic mass is 9.78. The molecule has 3 rings (SSSR count). The molecule has 2 unspecified atom stereocenters. The zero-order valence-corrected chi connectivity index (χ0v) is 13.7. The van der Waals surface area contributed by atoms with Crippen LogP contribution in [0.5, 0.6) is 0 Å². The standard InChI is InChI=1S/C19H25NS/c1-2-20-19(12-11-18-8-5-13-21-18)17-10-9-15-6-3-4-7-16(15)14-17/h3-8,13,17,19-20H,2,9-12,14H2,1H3. The lowest BCUT2D eigenvalue weighted by Gasteiger charge is -2.32. The number of nitrogens with one attached hydrogen (secondary N) is 1. The first-order chi connectivity index (χ1) is 10.4. The van der Waals surface area contributed by atoms with E-state index in [1.165, 1.54) is 37.0 Å². The van der Waals surface area contributed by atoms with Gasteiger partial charge in [0.2, 0.25) is 0 Å². The van der Waals surface area contributed by atoms with Gasteiger partial charge in [-0.1, -0.05) is 37.3 Å². The molecule has 2 aromatic rings. The van der Waals surface area contributed by atoms with Gasteiger partial charge >= 0.3 is 0 Å². The molecule has 0 fully saturated rings. The minimum absolute atomic E-state index is 0.658. The minimum Gasteiger partial charge on any atom is -0.314 e. The van der Waals surface area contributed by atoms with Crippen molar-refractivity contribution in [2.45, 2.75) is 45.1 Å². The van der Waals surface area contributed by atoms with Gasteiger partial charge in [0.1, 0.15) is 0 Å². The summed E-state index contributed by atoms with van der Waals surface area (Å²) >= 11 is 1.89. The molecule has 0 bridgehead atoms. The second-order valence-electron chi connectivity index (χ2n) is 6.05. The summed E-state index contributed by atoms with van der Waals surface area (Å²) in [7, 11) is 0. The average Bonchev–Trinajstić information content (AvgIpc) is 3.04. The fourth-order valence-corrected chi connectivity index (χ4v) is 4.31. The normalized spacial score (nSPS) is 19.2. The summed E-state index contributed by atoms with van der Waals surface area (Å²) in [5, 5.41) is 5.94. The van der Waals surface area contributed by atoms with E-state index in [1.54, 1.807) is 11.1 Å². The Balaban J connectivity index is 1.64. The smallest absolute Gasteiger partial charge is 0.0102 e. The molecule has 112 valence electrons. The highest BCUT2D eigenvalue weighted by Gasteiger charge is 2.25. The van der Waals surface area contributed by atoms with Crippen LogP contribution in [0.4, 0.5) is 0 Å². The summed E-state index contributed by atoms with van der Waals surface area (Å²) in [6, 6.07) is 14.1. The Morgan fingerprint density at radius 2 is 2.05 bits per heavy atom. The first kappa shape index (κ1) is 14.8. The average molecular weight is 299 g/mol. The number of hydrogen-bond acceptors (Lipinski definition) is 2. The molecule has 1 aliphatic rings. The molecular formula is C19H25NS. The van der Waals surface area contributed by atoms with Crippen LogP contribution in [0.2, 0.25) is 0 Å². The molecule has 0 aliphatic heterocycles. The summed E-state index contributed by atoms with van der Waals surface area (Å²) in [5.41, 5.74) is 3.15. The Labute approximate surface area is 132 Å². The summed E-state index contributed by atoms with van der Waals surface area (Å²) in [6.07, 6.45) is 6.31. The van der Waals surface area contributed by atoms with Crippen molar-refractivity contribution in [1.29, 1.82) is 0 Å². The van der Waals surface area contributed by atoms with E-state index in [2.05, 4.69) is 54.0 Å². The van der Waals surface area contributed by atoms with E-state index in [9.17, 15) is 0 Å². The van der Waals surface area contributed by atoms with Crippen LogP contribution in [0.25, 0.3) is 0 Å². The molecular weight excluding hydrogens is 274 g/mol. The highest BCUT2D eigenvalue weighted by molar-refractivity contribution is 7.09. The maximum Gasteiger partial charge on any atom is 0.0102 e. The van der Waals surface area contributed by atoms with Gasteiger partial charge in [0.15, 0.2) is 0 Å². The maximum absolute atomic E-state index is 3.75. The highest BCUT2D eigenvalue weighted by atomic mass is 32.1. The molecule has 1 aliphatic carbocycles. The highest BCUT2D eigenvalue weighted by Crippen LogP contribution is 2.29. The number of fused-ring (bicyclic) bond motifs is 1. The molecule has 21 heavy (non-hydrogen) atoms. The van der Waals surface area contributed by atoms with E-state index in [0.717, 1.165) is 12.5 Å². The van der Waals surface area contributed by atoms with Crippen molar-refractivity contribution >= 4 is 11.3 Å². The van der Waals surface area contributed by atoms with Gasteiger partial charge in [-0.15, -0.1) is 11.3 Å². The molecule has 1 heterocycles. The third-order valence-electron chi connectivity index (χ3n) is 4.70. The Bertz CT molecular complexity index is 546. The topological polar surface area (TPSA) is 12.0 Å². The van der Waals surface area contributed by atoms with Crippen molar-refractivity contribution in [1.82, 2.24) is 5.32 Å². The fourth-order valence-electron chi connectivity index (χ4n) is 3.59. The molecule has 0 saturated heterocycles. The van der Waals surface area contributed by atoms with Gasteiger partial charge in [0, 0.05) is 10.9 Å². The van der Waals surface area contributed by atoms with Gasteiger partial charge in [-0.25, -0.2) is 0 Å². The predicted octanol–water partition coefficient (Wildman–Crippen LogP) is 4.46. The van der Waals surface area contributed by atoms with E-state index in [4.69, 9.17) is 0 Å². The summed E-state index contributed by atoms with van der Waals surface area (Å²) < 4.78 is 0. The number of rotatable bonds is 6. The zero-order chi connectivity index (χ0) is 14.5. The van der Waals surface area contributed by atoms with Crippen molar-refractivity contribution < 1.29 is 0 Å². The van der Waals surface area contributed by atoms with Gasteiger partial charge in [0.25, 0.3) is 0 Å². The minimum atomic E-state index is 0.658. The molecule has 2 heteroatoms. The second-order valence-corrected chi connectivity index (χ2v) is 7.09. The molecule has 1 aromatic carbocycles. The quantitative estimate of drug-likeness (QED) is 0.830. The van der Waals surface area contributed by atoms with Crippen LogP contribution in [-0.2, 0) is 19.3 Å². The van der Waals surface area contributed by atoms with Crippen molar-refractivity contribution in [2.24, 2.45) is 5.92 Å². The van der Waals surface area contributed by atoms with E-state index >= 15 is 0 Å². The van der Waals surface area contributed by atoms with Crippen molar-refractivity contribution in [3.63, 3.8) is 0 Å². The Morgan fingerprint density at radius 3 is 2.81 bits per heavy atom. The zero-order valence-electron chi connectivity index (χ0n) is 12.8. The number of benzene rings is 1. The SMILES string of the molecule is CCNC(CCc1cccs1)C1CCc2ccccc2C1. The van der Waals surface area contributed by atoms with E-state index in [-0.39, 0.29) is 0 Å². The molecule has 1 N–H and O–H groups in total. The molecule has 1 nitrogen and oxygen atoms in total. The van der Waals surface area contributed by atoms with Gasteiger partial charge < -0.3 is 5.32 Å². The second kappa shape index (κ2) is 7.24. The van der Waals surface area contributed by atoms with Crippen molar-refractivity contribution in [3.05, 3.63) is 57.8 Å². The van der Waals surface area contributed by atoms with Crippen molar-refractivity contribution in [3.8, 4) is 0 Å². The molecule has 0 saturated carbocycles. The van der Waals surface area contributed by atoms with Crippen molar-refractivity contribution in [2.75, 3.05) is 6.54 Å². The summed E-state index contributed by atoms with van der Waals surface area (Å²) in [4.78, 5) is 1.52. The van der Waals surface area contributed by atoms with E-state index in [1.807, 2.05) is 11.3 Å². The van der Waals surface area contributed by atoms with Crippen LogP contribution in [0, 0.1) is 5.92 Å². The first-order valence-corrected chi connectivity index (χ1v) is 9.07. The monoisotopic (exact) mass is 299 g/mol. The summed E-state index contributed by atoms with van der Waals surface area (Å²) in [5.74, 6) is 0.791. The molecule has 0 amide bonds. The van der Waals surface area contributed by atoms with Gasteiger partial charge in [-0.2, -0.15) is 0 Å². The molecule has 1 aromatic heterocycles. The van der Waals surface area contributed by atoms with Crippen LogP contribution in [0.3, 0.4) is 0 Å². The lowest BCUT2D eigenvalue weighted by Crippen LogP contribution is -2.39. The van der Waals surface area contributed by atoms with Crippen LogP contribution in [0.15, 0.2) is 41.8 Å². The first-order valence-electron chi connectivity index (χ1n) is 8.19. The molecule has 0 radical (unpaired) electrons. The largest absolute Gasteiger partial charge is 0.314 e. The van der Waals surface area contributed by atoms with Crippen LogP contribution in [0.1, 0.15) is 35.8 Å². The number of aryl methyl sites for hydroxylation is 2. The van der Waals surface area contributed by atoms with E-state index < -0.39 is 0 Å². The predicted molar refractivity (Wildman–Crippen MR) is 92.1 cm³/mol. The Morgan fingerprint density at radius 1 is 1.19 bits per heavy atom. The fraction of sp³-hybridized carbons (Fsp3) is 0.474. The Hall–Kier alpha value is -1.12. The lowest BCUT2D eigenvalue weighted by molar-refractivity contribution is 0.310. The van der Waals surface area contributed by atoms with Crippen LogP contribution < -0.4 is 5.32 Å². The summed E-state index contributed by atoms with van der Waals surface area (Å²) in [6.45, 7) is 3.31. The number of thiophene rings is 1. The van der Waals surface area contributed by atoms with Crippen LogP contribution >= 0.6 is 11.3 Å². The third kappa shape index (κ3) is 3.75. The number of hydrogen-bond donors (Lipinski definition) is 1. The van der Waals surface area contributed by atoms with Gasteiger partial charge in [-0.05, 0) is 67.1 Å². The van der Waals surface area contributed by atoms with Crippen LogP contribution in [-0.4, -0.2) is 12.6 Å².